The number of amides is 1. The van der Waals surface area contributed by atoms with Crippen molar-refractivity contribution in [3.8, 4) is 0 Å². The van der Waals surface area contributed by atoms with Crippen LogP contribution in [0, 0.1) is 0 Å². The Morgan fingerprint density at radius 3 is 2.80 bits per heavy atom. The van der Waals surface area contributed by atoms with E-state index in [-0.39, 0.29) is 6.03 Å². The molecule has 0 saturated heterocycles. The molecule has 0 fully saturated rings. The summed E-state index contributed by atoms with van der Waals surface area (Å²) in [5.74, 6) is 0. The molecule has 100 valence electrons. The van der Waals surface area contributed by atoms with Crippen molar-refractivity contribution in [2.45, 2.75) is 6.54 Å². The summed E-state index contributed by atoms with van der Waals surface area (Å²) in [5.41, 5.74) is 1.73. The minimum Gasteiger partial charge on any atom is -0.332 e. The van der Waals surface area contributed by atoms with Crippen LogP contribution in [-0.4, -0.2) is 15.8 Å². The lowest BCUT2D eigenvalue weighted by Gasteiger charge is -2.06. The molecule has 0 aliphatic rings. The van der Waals surface area contributed by atoms with Crippen LogP contribution in [0.15, 0.2) is 54.7 Å². The van der Waals surface area contributed by atoms with Gasteiger partial charge >= 0.3 is 6.03 Å². The zero-order valence-electron chi connectivity index (χ0n) is 10.6. The van der Waals surface area contributed by atoms with Crippen LogP contribution in [0.5, 0.6) is 0 Å². The van der Waals surface area contributed by atoms with E-state index in [0.29, 0.717) is 17.1 Å². The average Bonchev–Trinajstić information content (AvgIpc) is 2.89. The van der Waals surface area contributed by atoms with Crippen molar-refractivity contribution in [3.63, 3.8) is 0 Å². The maximum absolute atomic E-state index is 12.2. The summed E-state index contributed by atoms with van der Waals surface area (Å²) in [6.07, 6.45) is 1.65. The largest absolute Gasteiger partial charge is 0.342 e. The second kappa shape index (κ2) is 5.35. The second-order valence-electron chi connectivity index (χ2n) is 4.40. The molecule has 5 heteroatoms. The first kappa shape index (κ1) is 12.7. The smallest absolute Gasteiger partial charge is 0.332 e. The van der Waals surface area contributed by atoms with Crippen LogP contribution in [0.4, 0.5) is 4.79 Å². The number of nitrogens with one attached hydrogen (secondary N) is 1. The summed E-state index contributed by atoms with van der Waals surface area (Å²) >= 11 is 5.95. The van der Waals surface area contributed by atoms with Crippen molar-refractivity contribution >= 4 is 28.5 Å². The first-order valence-corrected chi connectivity index (χ1v) is 6.57. The number of nitrogens with zero attached hydrogens (tertiary/aromatic N) is 2. The van der Waals surface area contributed by atoms with Gasteiger partial charge in [0.15, 0.2) is 0 Å². The molecule has 0 spiro atoms. The van der Waals surface area contributed by atoms with Gasteiger partial charge in [-0.05, 0) is 23.8 Å². The molecular weight excluding hydrogens is 274 g/mol. The molecule has 0 atom stereocenters. The van der Waals surface area contributed by atoms with Crippen molar-refractivity contribution in [2.24, 2.45) is 0 Å². The van der Waals surface area contributed by atoms with Gasteiger partial charge < -0.3 is 5.32 Å². The Labute approximate surface area is 121 Å². The fourth-order valence-corrected chi connectivity index (χ4v) is 2.17. The van der Waals surface area contributed by atoms with Gasteiger partial charge in [0.2, 0.25) is 0 Å². The fourth-order valence-electron chi connectivity index (χ4n) is 2.00. The van der Waals surface area contributed by atoms with E-state index in [2.05, 4.69) is 10.4 Å². The highest BCUT2D eigenvalue weighted by Gasteiger charge is 2.10. The fraction of sp³-hybridized carbons (Fsp3) is 0.0667. The maximum atomic E-state index is 12.2. The lowest BCUT2D eigenvalue weighted by molar-refractivity contribution is 0.240. The highest BCUT2D eigenvalue weighted by atomic mass is 35.5. The highest BCUT2D eigenvalue weighted by Crippen LogP contribution is 2.18. The molecule has 0 aliphatic heterocycles. The van der Waals surface area contributed by atoms with Crippen LogP contribution in [-0.2, 0) is 6.54 Å². The van der Waals surface area contributed by atoms with Crippen LogP contribution in [0.3, 0.4) is 0 Å². The number of hydrogen-bond donors (Lipinski definition) is 1. The first-order valence-electron chi connectivity index (χ1n) is 6.19. The molecule has 1 aromatic heterocycles. The third-order valence-electron chi connectivity index (χ3n) is 3.01. The molecule has 2 aromatic carbocycles. The van der Waals surface area contributed by atoms with E-state index in [9.17, 15) is 4.79 Å². The minimum absolute atomic E-state index is 0.272. The molecule has 1 amide bonds. The van der Waals surface area contributed by atoms with Crippen molar-refractivity contribution in [3.05, 3.63) is 65.3 Å². The van der Waals surface area contributed by atoms with E-state index in [1.807, 2.05) is 36.4 Å². The topological polar surface area (TPSA) is 46.9 Å². The molecule has 3 rings (SSSR count). The minimum atomic E-state index is -0.272. The van der Waals surface area contributed by atoms with Gasteiger partial charge in [-0.1, -0.05) is 41.9 Å². The van der Waals surface area contributed by atoms with Crippen LogP contribution in [0.25, 0.3) is 10.9 Å². The number of halogens is 1. The van der Waals surface area contributed by atoms with Gasteiger partial charge in [-0.25, -0.2) is 4.79 Å². The van der Waals surface area contributed by atoms with E-state index in [4.69, 9.17) is 11.6 Å². The van der Waals surface area contributed by atoms with Gasteiger partial charge in [0.05, 0.1) is 11.7 Å². The van der Waals surface area contributed by atoms with Crippen molar-refractivity contribution in [1.29, 1.82) is 0 Å². The molecule has 1 heterocycles. The summed E-state index contributed by atoms with van der Waals surface area (Å²) in [7, 11) is 0. The van der Waals surface area contributed by atoms with Gasteiger partial charge in [-0.3, -0.25) is 0 Å². The SMILES string of the molecule is O=C(NCc1ccccc1)n1ncc2ccc(Cl)cc21. The monoisotopic (exact) mass is 285 g/mol. The van der Waals surface area contributed by atoms with Gasteiger partial charge in [0, 0.05) is 17.0 Å². The summed E-state index contributed by atoms with van der Waals surface area (Å²) in [4.78, 5) is 12.2. The molecule has 20 heavy (non-hydrogen) atoms. The van der Waals surface area contributed by atoms with E-state index >= 15 is 0 Å². The molecular formula is C15H12ClN3O. The number of fused-ring (bicyclic) bond motifs is 1. The van der Waals surface area contributed by atoms with Gasteiger partial charge in [0.25, 0.3) is 0 Å². The van der Waals surface area contributed by atoms with E-state index in [1.165, 1.54) is 4.68 Å². The Morgan fingerprint density at radius 1 is 1.20 bits per heavy atom. The van der Waals surface area contributed by atoms with Crippen LogP contribution >= 0.6 is 11.6 Å². The number of benzene rings is 2. The van der Waals surface area contributed by atoms with Crippen molar-refractivity contribution in [2.75, 3.05) is 0 Å². The van der Waals surface area contributed by atoms with Crippen molar-refractivity contribution in [1.82, 2.24) is 15.1 Å². The van der Waals surface area contributed by atoms with Gasteiger partial charge in [-0.15, -0.1) is 0 Å². The normalized spacial score (nSPS) is 10.7. The molecule has 0 unspecified atom stereocenters. The maximum Gasteiger partial charge on any atom is 0.342 e. The van der Waals surface area contributed by atoms with Gasteiger partial charge in [0.1, 0.15) is 0 Å². The molecule has 0 saturated carbocycles. The Bertz CT molecular complexity index is 752. The molecule has 0 aliphatic carbocycles. The molecule has 4 nitrogen and oxygen atoms in total. The quantitative estimate of drug-likeness (QED) is 0.784. The zero-order chi connectivity index (χ0) is 13.9. The van der Waals surface area contributed by atoms with Crippen molar-refractivity contribution < 1.29 is 4.79 Å². The average molecular weight is 286 g/mol. The second-order valence-corrected chi connectivity index (χ2v) is 4.84. The molecule has 3 aromatic rings. The van der Waals surface area contributed by atoms with E-state index in [0.717, 1.165) is 10.9 Å². The summed E-state index contributed by atoms with van der Waals surface area (Å²) in [6, 6.07) is 14.8. The predicted octanol–water partition coefficient (Wildman–Crippen LogP) is 3.45. The Morgan fingerprint density at radius 2 is 2.00 bits per heavy atom. The summed E-state index contributed by atoms with van der Waals surface area (Å²) in [5, 5.41) is 8.38. The Kier molecular flexibility index (Phi) is 3.39. The van der Waals surface area contributed by atoms with Crippen LogP contribution in [0.1, 0.15) is 5.56 Å². The Balaban J connectivity index is 1.80. The standard InChI is InChI=1S/C15H12ClN3O/c16-13-7-6-12-10-18-19(14(12)8-13)15(20)17-9-11-4-2-1-3-5-11/h1-8,10H,9H2,(H,17,20). The van der Waals surface area contributed by atoms with E-state index in [1.54, 1.807) is 18.3 Å². The molecule has 0 bridgehead atoms. The molecule has 0 radical (unpaired) electrons. The van der Waals surface area contributed by atoms with Crippen LogP contribution in [0.2, 0.25) is 5.02 Å². The number of aromatic nitrogens is 2. The zero-order valence-corrected chi connectivity index (χ0v) is 11.3. The lowest BCUT2D eigenvalue weighted by atomic mass is 10.2. The highest BCUT2D eigenvalue weighted by molar-refractivity contribution is 6.31. The van der Waals surface area contributed by atoms with E-state index < -0.39 is 0 Å². The third kappa shape index (κ3) is 2.51. The van der Waals surface area contributed by atoms with Gasteiger partial charge in [-0.2, -0.15) is 9.78 Å². The number of carbonyl (C=O) groups excluding carboxylic acids is 1. The summed E-state index contributed by atoms with van der Waals surface area (Å²) in [6.45, 7) is 0.460. The third-order valence-corrected chi connectivity index (χ3v) is 3.25. The summed E-state index contributed by atoms with van der Waals surface area (Å²) < 4.78 is 1.32. The number of rotatable bonds is 2. The number of hydrogen-bond acceptors (Lipinski definition) is 2. The predicted molar refractivity (Wildman–Crippen MR) is 78.8 cm³/mol. The Hall–Kier alpha value is -2.33. The molecule has 1 N–H and O–H groups in total. The first-order chi connectivity index (χ1) is 9.74. The van der Waals surface area contributed by atoms with Crippen LogP contribution < -0.4 is 5.32 Å². The number of carbonyl (C=O) groups is 1. The lowest BCUT2D eigenvalue weighted by Crippen LogP contribution is -2.28.